The standard InChI is InChI=1S/C8H18N2O2S.C2H2O4/c9-6-7-13(11,12)10-8-4-2-1-3-5-8;3-1(4)2(5)6/h8,10H,1-7,9H2;(H,3,4)(H,5,6). The van der Waals surface area contributed by atoms with Gasteiger partial charge < -0.3 is 15.9 Å². The summed E-state index contributed by atoms with van der Waals surface area (Å²) in [7, 11) is -3.11. The van der Waals surface area contributed by atoms with Crippen molar-refractivity contribution in [3.8, 4) is 0 Å². The van der Waals surface area contributed by atoms with E-state index in [0.717, 1.165) is 25.7 Å². The molecular formula is C10H20N2O6S. The van der Waals surface area contributed by atoms with Gasteiger partial charge in [-0.1, -0.05) is 19.3 Å². The summed E-state index contributed by atoms with van der Waals surface area (Å²) in [4.78, 5) is 18.2. The second-order valence-corrected chi connectivity index (χ2v) is 6.04. The Kier molecular flexibility index (Phi) is 8.28. The number of carboxylic acid groups (broad SMARTS) is 2. The van der Waals surface area contributed by atoms with E-state index in [4.69, 9.17) is 25.5 Å². The SMILES string of the molecule is NCCS(=O)(=O)NC1CCCCC1.O=C(O)C(=O)O. The molecule has 5 N–H and O–H groups in total. The van der Waals surface area contributed by atoms with Crippen molar-refractivity contribution in [1.82, 2.24) is 4.72 Å². The van der Waals surface area contributed by atoms with Crippen molar-refractivity contribution in [2.24, 2.45) is 5.73 Å². The molecule has 0 saturated heterocycles. The molecule has 0 aromatic carbocycles. The molecule has 0 heterocycles. The zero-order valence-corrected chi connectivity index (χ0v) is 11.4. The van der Waals surface area contributed by atoms with Crippen LogP contribution in [0.25, 0.3) is 0 Å². The van der Waals surface area contributed by atoms with Crippen molar-refractivity contribution in [3.63, 3.8) is 0 Å². The number of hydrogen-bond donors (Lipinski definition) is 4. The molecule has 0 aliphatic heterocycles. The van der Waals surface area contributed by atoms with E-state index in [2.05, 4.69) is 4.72 Å². The third-order valence-electron chi connectivity index (χ3n) is 2.52. The number of nitrogens with two attached hydrogens (primary N) is 1. The quantitative estimate of drug-likeness (QED) is 0.504. The molecule has 0 atom stereocenters. The normalized spacial score (nSPS) is 16.3. The summed E-state index contributed by atoms with van der Waals surface area (Å²) in [6.07, 6.45) is 5.45. The van der Waals surface area contributed by atoms with Crippen LogP contribution in [-0.4, -0.2) is 48.9 Å². The molecule has 8 nitrogen and oxygen atoms in total. The summed E-state index contributed by atoms with van der Waals surface area (Å²) in [6, 6.07) is 0.158. The minimum absolute atomic E-state index is 0.0451. The van der Waals surface area contributed by atoms with Gasteiger partial charge in [-0.2, -0.15) is 0 Å². The summed E-state index contributed by atoms with van der Waals surface area (Å²) >= 11 is 0. The molecule has 1 fully saturated rings. The lowest BCUT2D eigenvalue weighted by Crippen LogP contribution is -2.39. The molecule has 1 rings (SSSR count). The van der Waals surface area contributed by atoms with Crippen LogP contribution >= 0.6 is 0 Å². The first-order chi connectivity index (χ1) is 8.78. The first-order valence-corrected chi connectivity index (χ1v) is 7.60. The van der Waals surface area contributed by atoms with Gasteiger partial charge in [-0.3, -0.25) is 0 Å². The van der Waals surface area contributed by atoms with Gasteiger partial charge in [-0.15, -0.1) is 0 Å². The van der Waals surface area contributed by atoms with Crippen molar-refractivity contribution >= 4 is 22.0 Å². The summed E-state index contributed by atoms with van der Waals surface area (Å²) in [5.41, 5.74) is 5.20. The number of carbonyl (C=O) groups is 2. The maximum Gasteiger partial charge on any atom is 0.414 e. The van der Waals surface area contributed by atoms with Crippen LogP contribution in [0.1, 0.15) is 32.1 Å². The molecule has 112 valence electrons. The predicted octanol–water partition coefficient (Wildman–Crippen LogP) is -0.647. The number of sulfonamides is 1. The van der Waals surface area contributed by atoms with E-state index in [0.29, 0.717) is 0 Å². The Morgan fingerprint density at radius 3 is 1.95 bits per heavy atom. The van der Waals surface area contributed by atoms with Crippen LogP contribution in [0.15, 0.2) is 0 Å². The highest BCUT2D eigenvalue weighted by atomic mass is 32.2. The predicted molar refractivity (Wildman–Crippen MR) is 68.1 cm³/mol. The topological polar surface area (TPSA) is 147 Å². The van der Waals surface area contributed by atoms with E-state index >= 15 is 0 Å². The molecular weight excluding hydrogens is 276 g/mol. The van der Waals surface area contributed by atoms with Gasteiger partial charge in [0.15, 0.2) is 0 Å². The summed E-state index contributed by atoms with van der Waals surface area (Å²) in [6.45, 7) is 0.196. The Bertz CT molecular complexity index is 377. The van der Waals surface area contributed by atoms with E-state index < -0.39 is 22.0 Å². The van der Waals surface area contributed by atoms with Crippen LogP contribution in [0.5, 0.6) is 0 Å². The average molecular weight is 296 g/mol. The van der Waals surface area contributed by atoms with Gasteiger partial charge in [0.25, 0.3) is 0 Å². The van der Waals surface area contributed by atoms with Gasteiger partial charge in [0, 0.05) is 12.6 Å². The highest BCUT2D eigenvalue weighted by Crippen LogP contribution is 2.17. The second-order valence-electron chi connectivity index (χ2n) is 4.17. The molecule has 9 heteroatoms. The lowest BCUT2D eigenvalue weighted by molar-refractivity contribution is -0.159. The molecule has 0 bridgehead atoms. The van der Waals surface area contributed by atoms with E-state index in [1.54, 1.807) is 0 Å². The molecule has 0 aromatic heterocycles. The maximum atomic E-state index is 11.3. The van der Waals surface area contributed by atoms with Crippen molar-refractivity contribution < 1.29 is 28.2 Å². The van der Waals surface area contributed by atoms with Crippen molar-refractivity contribution in [2.45, 2.75) is 38.1 Å². The van der Waals surface area contributed by atoms with Gasteiger partial charge in [0.1, 0.15) is 0 Å². The zero-order valence-electron chi connectivity index (χ0n) is 10.5. The Hall–Kier alpha value is -1.19. The number of carboxylic acids is 2. The third-order valence-corrected chi connectivity index (χ3v) is 3.99. The number of hydrogen-bond acceptors (Lipinski definition) is 5. The maximum absolute atomic E-state index is 11.3. The molecule has 1 aliphatic carbocycles. The first kappa shape index (κ1) is 17.8. The van der Waals surface area contributed by atoms with Gasteiger partial charge >= 0.3 is 11.9 Å². The van der Waals surface area contributed by atoms with Crippen LogP contribution in [-0.2, 0) is 19.6 Å². The minimum Gasteiger partial charge on any atom is -0.473 e. The average Bonchev–Trinajstić information content (AvgIpc) is 2.30. The molecule has 0 amide bonds. The largest absolute Gasteiger partial charge is 0.473 e. The van der Waals surface area contributed by atoms with E-state index in [1.165, 1.54) is 6.42 Å². The Balaban J connectivity index is 0.000000459. The van der Waals surface area contributed by atoms with Crippen LogP contribution < -0.4 is 10.5 Å². The molecule has 0 aromatic rings. The number of aliphatic carboxylic acids is 2. The molecule has 19 heavy (non-hydrogen) atoms. The zero-order chi connectivity index (χ0) is 14.9. The van der Waals surface area contributed by atoms with Gasteiger partial charge in [0.2, 0.25) is 10.0 Å². The minimum atomic E-state index is -3.11. The third kappa shape index (κ3) is 9.40. The lowest BCUT2D eigenvalue weighted by atomic mass is 9.96. The number of rotatable bonds is 4. The van der Waals surface area contributed by atoms with E-state index in [9.17, 15) is 8.42 Å². The van der Waals surface area contributed by atoms with E-state index in [-0.39, 0.29) is 18.3 Å². The van der Waals surface area contributed by atoms with Crippen LogP contribution in [0.3, 0.4) is 0 Å². The Labute approximate surface area is 112 Å². The fraction of sp³-hybridized carbons (Fsp3) is 0.800. The van der Waals surface area contributed by atoms with Crippen LogP contribution in [0, 0.1) is 0 Å². The van der Waals surface area contributed by atoms with E-state index in [1.807, 2.05) is 0 Å². The van der Waals surface area contributed by atoms with Gasteiger partial charge in [-0.25, -0.2) is 22.7 Å². The fourth-order valence-electron chi connectivity index (χ4n) is 1.69. The monoisotopic (exact) mass is 296 g/mol. The van der Waals surface area contributed by atoms with Gasteiger partial charge in [0.05, 0.1) is 5.75 Å². The highest BCUT2D eigenvalue weighted by Gasteiger charge is 2.18. The number of nitrogens with one attached hydrogen (secondary N) is 1. The highest BCUT2D eigenvalue weighted by molar-refractivity contribution is 7.89. The summed E-state index contributed by atoms with van der Waals surface area (Å²) in [5.74, 6) is -3.60. The van der Waals surface area contributed by atoms with Crippen LogP contribution in [0.2, 0.25) is 0 Å². The second kappa shape index (κ2) is 8.83. The molecule has 1 aliphatic rings. The van der Waals surface area contributed by atoms with Crippen molar-refractivity contribution in [2.75, 3.05) is 12.3 Å². The summed E-state index contributed by atoms with van der Waals surface area (Å²) < 4.78 is 25.3. The lowest BCUT2D eigenvalue weighted by Gasteiger charge is -2.22. The van der Waals surface area contributed by atoms with Crippen LogP contribution in [0.4, 0.5) is 0 Å². The first-order valence-electron chi connectivity index (χ1n) is 5.95. The molecule has 0 radical (unpaired) electrons. The smallest absolute Gasteiger partial charge is 0.414 e. The fourth-order valence-corrected chi connectivity index (χ4v) is 2.86. The summed E-state index contributed by atoms with van der Waals surface area (Å²) in [5, 5.41) is 14.8. The molecule has 0 spiro atoms. The molecule has 0 unspecified atom stereocenters. The molecule has 1 saturated carbocycles. The van der Waals surface area contributed by atoms with Gasteiger partial charge in [-0.05, 0) is 12.8 Å². The Morgan fingerprint density at radius 1 is 1.11 bits per heavy atom. The van der Waals surface area contributed by atoms with Crippen molar-refractivity contribution in [1.29, 1.82) is 0 Å². The van der Waals surface area contributed by atoms with Crippen molar-refractivity contribution in [3.05, 3.63) is 0 Å². The Morgan fingerprint density at radius 2 is 1.58 bits per heavy atom.